The highest BCUT2D eigenvalue weighted by molar-refractivity contribution is 5.75. The van der Waals surface area contributed by atoms with Crippen molar-refractivity contribution in [3.63, 3.8) is 0 Å². The van der Waals surface area contributed by atoms with Gasteiger partial charge in [-0.25, -0.2) is 0 Å². The van der Waals surface area contributed by atoms with E-state index in [9.17, 15) is 9.90 Å². The van der Waals surface area contributed by atoms with E-state index in [0.717, 1.165) is 38.9 Å². The molecule has 0 aromatic heterocycles. The van der Waals surface area contributed by atoms with Gasteiger partial charge in [-0.15, -0.1) is 0 Å². The van der Waals surface area contributed by atoms with Gasteiger partial charge in [-0.2, -0.15) is 0 Å². The smallest absolute Gasteiger partial charge is 0.219 e. The third-order valence-electron chi connectivity index (χ3n) is 4.78. The third-order valence-corrected chi connectivity index (χ3v) is 4.78. The molecule has 1 amide bonds. The van der Waals surface area contributed by atoms with Crippen LogP contribution in [0.25, 0.3) is 0 Å². The molecular formula is C16H30N2O2. The van der Waals surface area contributed by atoms with Crippen LogP contribution in [0.5, 0.6) is 0 Å². The first kappa shape index (κ1) is 15.8. The van der Waals surface area contributed by atoms with E-state index in [0.29, 0.717) is 18.4 Å². The van der Waals surface area contributed by atoms with Crippen LogP contribution in [-0.4, -0.2) is 47.7 Å². The quantitative estimate of drug-likeness (QED) is 0.810. The van der Waals surface area contributed by atoms with E-state index in [4.69, 9.17) is 0 Å². The molecule has 3 unspecified atom stereocenters. The van der Waals surface area contributed by atoms with Crippen molar-refractivity contribution in [2.24, 2.45) is 5.92 Å². The van der Waals surface area contributed by atoms with Gasteiger partial charge in [-0.3, -0.25) is 9.69 Å². The Morgan fingerprint density at radius 1 is 1.25 bits per heavy atom. The number of aliphatic hydroxyl groups is 1. The van der Waals surface area contributed by atoms with Crippen LogP contribution in [0.1, 0.15) is 58.3 Å². The Bertz CT molecular complexity index is 309. The lowest BCUT2D eigenvalue weighted by molar-refractivity contribution is -0.121. The van der Waals surface area contributed by atoms with Gasteiger partial charge in [0.05, 0.1) is 6.10 Å². The third kappa shape index (κ3) is 4.45. The fraction of sp³-hybridized carbons (Fsp3) is 0.938. The molecule has 0 aromatic rings. The second-order valence-corrected chi connectivity index (χ2v) is 6.48. The van der Waals surface area contributed by atoms with Gasteiger partial charge in [-0.05, 0) is 44.6 Å². The summed E-state index contributed by atoms with van der Waals surface area (Å²) in [5, 5.41) is 13.2. The molecule has 1 aliphatic heterocycles. The lowest BCUT2D eigenvalue weighted by Crippen LogP contribution is -2.51. The highest BCUT2D eigenvalue weighted by Gasteiger charge is 2.31. The number of carbonyl (C=O) groups is 1. The summed E-state index contributed by atoms with van der Waals surface area (Å²) in [7, 11) is 0. The van der Waals surface area contributed by atoms with Crippen molar-refractivity contribution < 1.29 is 9.90 Å². The molecule has 20 heavy (non-hydrogen) atoms. The van der Waals surface area contributed by atoms with Gasteiger partial charge in [0, 0.05) is 25.6 Å². The average Bonchev–Trinajstić information content (AvgIpc) is 2.46. The molecule has 2 N–H and O–H groups in total. The maximum Gasteiger partial charge on any atom is 0.219 e. The van der Waals surface area contributed by atoms with Gasteiger partial charge in [0.15, 0.2) is 0 Å². The molecule has 116 valence electrons. The van der Waals surface area contributed by atoms with Crippen LogP contribution in [0.15, 0.2) is 0 Å². The number of amides is 1. The van der Waals surface area contributed by atoms with Crippen molar-refractivity contribution in [3.8, 4) is 0 Å². The number of aliphatic hydroxyl groups excluding tert-OH is 1. The minimum Gasteiger partial charge on any atom is -0.391 e. The fourth-order valence-corrected chi connectivity index (χ4v) is 3.66. The monoisotopic (exact) mass is 282 g/mol. The number of hydrogen-bond acceptors (Lipinski definition) is 3. The topological polar surface area (TPSA) is 52.6 Å². The first-order valence-electron chi connectivity index (χ1n) is 8.39. The van der Waals surface area contributed by atoms with Gasteiger partial charge >= 0.3 is 0 Å². The molecule has 3 atom stereocenters. The van der Waals surface area contributed by atoms with Crippen molar-refractivity contribution in [2.75, 3.05) is 19.6 Å². The van der Waals surface area contributed by atoms with Crippen molar-refractivity contribution in [2.45, 2.75) is 70.4 Å². The first-order valence-corrected chi connectivity index (χ1v) is 8.39. The zero-order valence-electron chi connectivity index (χ0n) is 12.8. The number of nitrogens with one attached hydrogen (secondary N) is 1. The summed E-state index contributed by atoms with van der Waals surface area (Å²) >= 11 is 0. The second-order valence-electron chi connectivity index (χ2n) is 6.48. The molecule has 0 bridgehead atoms. The first-order chi connectivity index (χ1) is 9.70. The summed E-state index contributed by atoms with van der Waals surface area (Å²) in [6.45, 7) is 4.99. The maximum absolute atomic E-state index is 11.6. The number of nitrogens with zero attached hydrogens (tertiary/aromatic N) is 1. The highest BCUT2D eigenvalue weighted by Crippen LogP contribution is 2.27. The van der Waals surface area contributed by atoms with Gasteiger partial charge in [0.1, 0.15) is 0 Å². The largest absolute Gasteiger partial charge is 0.391 e. The van der Waals surface area contributed by atoms with Crippen LogP contribution < -0.4 is 5.32 Å². The second kappa shape index (κ2) is 7.99. The molecule has 2 rings (SSSR count). The van der Waals surface area contributed by atoms with Crippen molar-refractivity contribution in [3.05, 3.63) is 0 Å². The molecule has 4 nitrogen and oxygen atoms in total. The van der Waals surface area contributed by atoms with E-state index in [1.54, 1.807) is 0 Å². The Kier molecular flexibility index (Phi) is 6.30. The summed E-state index contributed by atoms with van der Waals surface area (Å²) in [5.41, 5.74) is 0. The molecule has 4 heteroatoms. The summed E-state index contributed by atoms with van der Waals surface area (Å²) < 4.78 is 0. The minimum atomic E-state index is -0.141. The van der Waals surface area contributed by atoms with Crippen LogP contribution in [0.3, 0.4) is 0 Å². The number of rotatable bonds is 5. The van der Waals surface area contributed by atoms with Crippen LogP contribution in [0.2, 0.25) is 0 Å². The van der Waals surface area contributed by atoms with E-state index < -0.39 is 0 Å². The summed E-state index contributed by atoms with van der Waals surface area (Å²) in [4.78, 5) is 14.0. The number of carbonyl (C=O) groups excluding carboxylic acids is 1. The zero-order chi connectivity index (χ0) is 14.4. The van der Waals surface area contributed by atoms with Gasteiger partial charge in [0.2, 0.25) is 5.91 Å². The molecule has 1 aliphatic carbocycles. The fourth-order valence-electron chi connectivity index (χ4n) is 3.66. The van der Waals surface area contributed by atoms with E-state index >= 15 is 0 Å². The van der Waals surface area contributed by atoms with Crippen molar-refractivity contribution in [1.29, 1.82) is 0 Å². The van der Waals surface area contributed by atoms with Crippen LogP contribution >= 0.6 is 0 Å². The molecule has 2 aliphatic rings. The molecule has 0 aromatic carbocycles. The Hall–Kier alpha value is -0.610. The molecule has 1 saturated carbocycles. The number of likely N-dealkylation sites (tertiary alicyclic amines) is 1. The summed E-state index contributed by atoms with van der Waals surface area (Å²) in [6.07, 6.45) is 8.31. The molecule has 0 radical (unpaired) electrons. The molecule has 1 heterocycles. The number of hydrogen-bond donors (Lipinski definition) is 2. The Labute approximate surface area is 122 Å². The molecule has 2 fully saturated rings. The minimum absolute atomic E-state index is 0.141. The Balaban J connectivity index is 1.77. The van der Waals surface area contributed by atoms with E-state index in [1.165, 1.54) is 25.7 Å². The maximum atomic E-state index is 11.6. The van der Waals surface area contributed by atoms with E-state index in [1.807, 2.05) is 6.92 Å². The predicted molar refractivity (Wildman–Crippen MR) is 80.5 cm³/mol. The van der Waals surface area contributed by atoms with Gasteiger partial charge in [-0.1, -0.05) is 19.8 Å². The van der Waals surface area contributed by atoms with Crippen LogP contribution in [0.4, 0.5) is 0 Å². The van der Waals surface area contributed by atoms with Crippen LogP contribution in [0, 0.1) is 5.92 Å². The highest BCUT2D eigenvalue weighted by atomic mass is 16.3. The Morgan fingerprint density at radius 2 is 2.05 bits per heavy atom. The lowest BCUT2D eigenvalue weighted by Gasteiger charge is -2.42. The normalized spacial score (nSPS) is 32.0. The van der Waals surface area contributed by atoms with E-state index in [2.05, 4.69) is 10.2 Å². The zero-order valence-corrected chi connectivity index (χ0v) is 12.8. The van der Waals surface area contributed by atoms with E-state index in [-0.39, 0.29) is 12.0 Å². The Morgan fingerprint density at radius 3 is 2.80 bits per heavy atom. The average molecular weight is 282 g/mol. The molecule has 1 saturated heterocycles. The van der Waals surface area contributed by atoms with Crippen LogP contribution in [-0.2, 0) is 4.79 Å². The summed E-state index contributed by atoms with van der Waals surface area (Å²) in [6, 6.07) is 0.359. The van der Waals surface area contributed by atoms with Crippen molar-refractivity contribution >= 4 is 5.91 Å². The number of piperidine rings is 1. The van der Waals surface area contributed by atoms with Crippen molar-refractivity contribution in [1.82, 2.24) is 10.2 Å². The predicted octanol–water partition coefficient (Wildman–Crippen LogP) is 1.92. The van der Waals surface area contributed by atoms with Gasteiger partial charge in [0.25, 0.3) is 0 Å². The summed E-state index contributed by atoms with van der Waals surface area (Å²) in [5.74, 6) is 0.737. The standard InChI is InChI=1S/C16H30N2O2/c1-2-6-16(20)17-11-13-7-5-10-18(12-13)14-8-3-4-9-15(14)19/h13-15,19H,2-12H2,1H3,(H,17,20). The molecule has 0 spiro atoms. The molecular weight excluding hydrogens is 252 g/mol. The lowest BCUT2D eigenvalue weighted by atomic mass is 9.88. The SMILES string of the molecule is CCCC(=O)NCC1CCCN(C2CCCCC2O)C1. The van der Waals surface area contributed by atoms with Gasteiger partial charge < -0.3 is 10.4 Å².